The van der Waals surface area contributed by atoms with E-state index in [4.69, 9.17) is 21.3 Å². The molecule has 28 heavy (non-hydrogen) atoms. The van der Waals surface area contributed by atoms with Gasteiger partial charge in [-0.3, -0.25) is 0 Å². The third-order valence-electron chi connectivity index (χ3n) is 4.58. The Kier molecular flexibility index (Phi) is 3.91. The van der Waals surface area contributed by atoms with Crippen LogP contribution in [0.3, 0.4) is 0 Å². The molecule has 1 aromatic heterocycles. The molecule has 5 rings (SSSR count). The van der Waals surface area contributed by atoms with Gasteiger partial charge in [-0.2, -0.15) is 0 Å². The summed E-state index contributed by atoms with van der Waals surface area (Å²) in [4.78, 5) is 16.0. The standard InChI is InChI=1S/C21H16ClN5O/c1-28-19-7-6-13-9-18(19)26-21-23-11-16(22)20(27-21)25-14-8-12-4-2-3-5-15(12)17(10-14)24-13/h2-11,24H,1H3,(H2,23,25,26,27). The van der Waals surface area contributed by atoms with Gasteiger partial charge in [-0.05, 0) is 35.7 Å². The van der Waals surface area contributed by atoms with Gasteiger partial charge in [0.15, 0.2) is 5.82 Å². The van der Waals surface area contributed by atoms with E-state index in [0.717, 1.165) is 27.3 Å². The number of halogens is 1. The summed E-state index contributed by atoms with van der Waals surface area (Å²) >= 11 is 6.34. The summed E-state index contributed by atoms with van der Waals surface area (Å²) in [5, 5.41) is 5.69. The number of benzene rings is 3. The van der Waals surface area contributed by atoms with Crippen molar-refractivity contribution < 1.29 is 4.74 Å². The summed E-state index contributed by atoms with van der Waals surface area (Å²) in [6, 6.07) is 18.0. The number of rotatable bonds is 1. The van der Waals surface area contributed by atoms with Gasteiger partial charge in [0.1, 0.15) is 11.3 Å². The Morgan fingerprint density at radius 1 is 0.964 bits per heavy atom. The molecule has 6 bridgehead atoms. The molecule has 3 N–H and O–H groups in total. The van der Waals surface area contributed by atoms with Crippen molar-refractivity contribution in [3.8, 4) is 5.75 Å². The lowest BCUT2D eigenvalue weighted by molar-refractivity contribution is 0.418. The average molecular weight is 390 g/mol. The second-order valence-corrected chi connectivity index (χ2v) is 6.82. The molecule has 0 spiro atoms. The Bertz CT molecular complexity index is 1350. The Morgan fingerprint density at radius 2 is 1.86 bits per heavy atom. The Morgan fingerprint density at radius 3 is 2.75 bits per heavy atom. The van der Waals surface area contributed by atoms with Crippen molar-refractivity contribution in [2.75, 3.05) is 12.4 Å². The maximum atomic E-state index is 6.34. The van der Waals surface area contributed by atoms with Gasteiger partial charge in [0.2, 0.25) is 5.95 Å². The number of aromatic nitrogens is 4. The maximum absolute atomic E-state index is 6.34. The molecule has 6 nitrogen and oxygen atoms in total. The zero-order chi connectivity index (χ0) is 19.1. The number of anilines is 1. The third-order valence-corrected chi connectivity index (χ3v) is 4.86. The summed E-state index contributed by atoms with van der Waals surface area (Å²) in [7, 11) is 1.62. The van der Waals surface area contributed by atoms with Gasteiger partial charge in [0.25, 0.3) is 0 Å². The molecule has 0 saturated heterocycles. The van der Waals surface area contributed by atoms with E-state index in [1.54, 1.807) is 13.3 Å². The van der Waals surface area contributed by atoms with E-state index in [-0.39, 0.29) is 0 Å². The van der Waals surface area contributed by atoms with Crippen molar-refractivity contribution in [1.29, 1.82) is 0 Å². The van der Waals surface area contributed by atoms with Crippen LogP contribution in [-0.2, 0) is 0 Å². The molecule has 0 saturated carbocycles. The molecule has 1 aliphatic rings. The number of nitrogens with zero attached hydrogens (tertiary/aromatic N) is 2. The van der Waals surface area contributed by atoms with Crippen LogP contribution in [0.5, 0.6) is 5.75 Å². The van der Waals surface area contributed by atoms with Crippen molar-refractivity contribution >= 4 is 55.4 Å². The topological polar surface area (TPSA) is 78.6 Å². The average Bonchev–Trinajstić information content (AvgIpc) is 2.70. The van der Waals surface area contributed by atoms with E-state index >= 15 is 0 Å². The van der Waals surface area contributed by atoms with Crippen molar-refractivity contribution in [1.82, 2.24) is 19.9 Å². The van der Waals surface area contributed by atoms with Crippen molar-refractivity contribution in [3.05, 3.63) is 66.6 Å². The van der Waals surface area contributed by atoms with Crippen LogP contribution >= 0.6 is 11.6 Å². The minimum Gasteiger partial charge on any atom is -0.494 e. The van der Waals surface area contributed by atoms with E-state index < -0.39 is 0 Å². The molecule has 0 fully saturated rings. The molecular weight excluding hydrogens is 374 g/mol. The van der Waals surface area contributed by atoms with Crippen LogP contribution in [-0.4, -0.2) is 27.0 Å². The minimum absolute atomic E-state index is 0.472. The number of H-pyrrole nitrogens is 2. The van der Waals surface area contributed by atoms with Gasteiger partial charge in [-0.1, -0.05) is 35.9 Å². The molecule has 0 amide bonds. The highest BCUT2D eigenvalue weighted by Crippen LogP contribution is 2.25. The molecule has 0 radical (unpaired) electrons. The van der Waals surface area contributed by atoms with Crippen molar-refractivity contribution in [3.63, 3.8) is 0 Å². The van der Waals surface area contributed by atoms with Crippen LogP contribution in [0.2, 0.25) is 0 Å². The zero-order valence-electron chi connectivity index (χ0n) is 15.0. The predicted octanol–water partition coefficient (Wildman–Crippen LogP) is 5.25. The quantitative estimate of drug-likeness (QED) is 0.415. The number of hydrogen-bond donors (Lipinski definition) is 3. The molecule has 0 aliphatic carbocycles. The van der Waals surface area contributed by atoms with Gasteiger partial charge in [-0.15, -0.1) is 0 Å². The second kappa shape index (κ2) is 6.58. The second-order valence-electron chi connectivity index (χ2n) is 6.41. The van der Waals surface area contributed by atoms with Gasteiger partial charge < -0.3 is 20.0 Å². The van der Waals surface area contributed by atoms with Crippen LogP contribution < -0.4 is 10.1 Å². The molecule has 138 valence electrons. The van der Waals surface area contributed by atoms with Gasteiger partial charge >= 0.3 is 0 Å². The summed E-state index contributed by atoms with van der Waals surface area (Å²) in [6.07, 6.45) is 1.66. The maximum Gasteiger partial charge on any atom is 0.206 e. The van der Waals surface area contributed by atoms with Crippen LogP contribution in [0.15, 0.2) is 60.8 Å². The fourth-order valence-electron chi connectivity index (χ4n) is 3.27. The van der Waals surface area contributed by atoms with E-state index in [1.807, 2.05) is 42.5 Å². The zero-order valence-corrected chi connectivity index (χ0v) is 15.7. The first-order valence-electron chi connectivity index (χ1n) is 8.74. The number of hydrogen-bond acceptors (Lipinski definition) is 4. The summed E-state index contributed by atoms with van der Waals surface area (Å²) in [5.74, 6) is 1.70. The lowest BCUT2D eigenvalue weighted by Gasteiger charge is -2.10. The summed E-state index contributed by atoms with van der Waals surface area (Å²) in [5.41, 5.74) is 3.31. The number of nitrogens with one attached hydrogen (secondary N) is 3. The minimum atomic E-state index is 0.472. The smallest absolute Gasteiger partial charge is 0.206 e. The predicted molar refractivity (Wildman–Crippen MR) is 114 cm³/mol. The normalized spacial score (nSPS) is 12.4. The van der Waals surface area contributed by atoms with Crippen LogP contribution in [0.1, 0.15) is 5.82 Å². The highest BCUT2D eigenvalue weighted by Gasteiger charge is 2.08. The summed E-state index contributed by atoms with van der Waals surface area (Å²) < 4.78 is 5.46. The monoisotopic (exact) mass is 389 g/mol. The number of ether oxygens (including phenoxy) is 1. The Labute approximate surface area is 165 Å². The number of aromatic amines is 2. The van der Waals surface area contributed by atoms with Gasteiger partial charge in [0, 0.05) is 22.6 Å². The Balaban J connectivity index is 2.00. The first-order valence-corrected chi connectivity index (χ1v) is 9.12. The lowest BCUT2D eigenvalue weighted by Crippen LogP contribution is -2.03. The fourth-order valence-corrected chi connectivity index (χ4v) is 3.42. The lowest BCUT2D eigenvalue weighted by atomic mass is 10.1. The fraction of sp³-hybridized carbons (Fsp3) is 0.0476. The van der Waals surface area contributed by atoms with Crippen molar-refractivity contribution in [2.24, 2.45) is 0 Å². The van der Waals surface area contributed by atoms with E-state index in [1.165, 1.54) is 0 Å². The molecule has 7 heteroatoms. The van der Waals surface area contributed by atoms with Gasteiger partial charge in [0.05, 0.1) is 17.7 Å². The molecule has 3 aromatic carbocycles. The highest BCUT2D eigenvalue weighted by atomic mass is 35.5. The Hall–Kier alpha value is -3.51. The molecule has 4 aromatic rings. The van der Waals surface area contributed by atoms with E-state index in [9.17, 15) is 0 Å². The highest BCUT2D eigenvalue weighted by molar-refractivity contribution is 6.48. The van der Waals surface area contributed by atoms with Crippen LogP contribution in [0.25, 0.3) is 37.9 Å². The van der Waals surface area contributed by atoms with Crippen LogP contribution in [0.4, 0.5) is 5.95 Å². The first kappa shape index (κ1) is 16.6. The number of methoxy groups -OCH3 is 1. The largest absolute Gasteiger partial charge is 0.494 e. The summed E-state index contributed by atoms with van der Waals surface area (Å²) in [6.45, 7) is 0. The molecule has 0 unspecified atom stereocenters. The van der Waals surface area contributed by atoms with Crippen LogP contribution in [0, 0.1) is 0 Å². The van der Waals surface area contributed by atoms with E-state index in [2.05, 4.69) is 32.4 Å². The first-order chi connectivity index (χ1) is 13.7. The molecular formula is C21H16ClN5O. The van der Waals surface area contributed by atoms with Crippen molar-refractivity contribution in [2.45, 2.75) is 0 Å². The SMILES string of the molecule is COc1ccc2cc1nc1[nH]c(nc3cc4ccccc4c(c3)[nH]2)C(Cl)=CN1. The number of fused-ring (bicyclic) bond motifs is 8. The molecule has 0 atom stereocenters. The molecule has 2 heterocycles. The third kappa shape index (κ3) is 2.93. The van der Waals surface area contributed by atoms with Gasteiger partial charge in [-0.25, -0.2) is 9.97 Å². The molecule has 1 aliphatic heterocycles. The van der Waals surface area contributed by atoms with E-state index in [0.29, 0.717) is 28.1 Å².